The lowest BCUT2D eigenvalue weighted by Crippen LogP contribution is -2.34. The number of rotatable bonds is 4. The summed E-state index contributed by atoms with van der Waals surface area (Å²) in [5, 5.41) is 4.94. The topological polar surface area (TPSA) is 34.4 Å². The van der Waals surface area contributed by atoms with Gasteiger partial charge in [-0.15, -0.1) is 0 Å². The third-order valence-electron chi connectivity index (χ3n) is 4.19. The molecular weight excluding hydrogens is 238 g/mol. The molecule has 3 heteroatoms. The summed E-state index contributed by atoms with van der Waals surface area (Å²) in [6, 6.07) is 11.3. The van der Waals surface area contributed by atoms with Crippen molar-refractivity contribution in [2.24, 2.45) is 5.92 Å². The number of furan rings is 1. The Hall–Kier alpha value is -1.32. The van der Waals surface area contributed by atoms with E-state index >= 15 is 0 Å². The Morgan fingerprint density at radius 3 is 2.79 bits per heavy atom. The fourth-order valence-corrected chi connectivity index (χ4v) is 2.96. The molecule has 0 amide bonds. The highest BCUT2D eigenvalue weighted by molar-refractivity contribution is 5.77. The molecule has 0 radical (unpaired) electrons. The Kier molecular flexibility index (Phi) is 2.82. The minimum atomic E-state index is 0.360. The van der Waals surface area contributed by atoms with E-state index in [9.17, 15) is 0 Å². The van der Waals surface area contributed by atoms with Gasteiger partial charge in [0, 0.05) is 18.0 Å². The van der Waals surface area contributed by atoms with Crippen LogP contribution in [0.1, 0.15) is 31.1 Å². The molecule has 2 atom stereocenters. The molecular formula is C16H19NO2. The van der Waals surface area contributed by atoms with Crippen LogP contribution in [0.15, 0.2) is 34.7 Å². The van der Waals surface area contributed by atoms with Crippen molar-refractivity contribution in [1.82, 2.24) is 5.32 Å². The van der Waals surface area contributed by atoms with Crippen molar-refractivity contribution < 1.29 is 9.15 Å². The van der Waals surface area contributed by atoms with Crippen molar-refractivity contribution in [2.45, 2.75) is 31.3 Å². The van der Waals surface area contributed by atoms with E-state index in [1.54, 1.807) is 0 Å². The maximum Gasteiger partial charge on any atom is 0.134 e. The average Bonchev–Trinajstić information content (AvgIpc) is 2.99. The van der Waals surface area contributed by atoms with Gasteiger partial charge in [0.2, 0.25) is 0 Å². The smallest absolute Gasteiger partial charge is 0.134 e. The van der Waals surface area contributed by atoms with Gasteiger partial charge in [-0.3, -0.25) is 0 Å². The van der Waals surface area contributed by atoms with Gasteiger partial charge in [-0.05, 0) is 37.3 Å². The van der Waals surface area contributed by atoms with Crippen LogP contribution in [0.3, 0.4) is 0 Å². The van der Waals surface area contributed by atoms with Crippen LogP contribution in [0, 0.1) is 5.92 Å². The Morgan fingerprint density at radius 2 is 2.05 bits per heavy atom. The Morgan fingerprint density at radius 1 is 1.16 bits per heavy atom. The third kappa shape index (κ3) is 2.28. The molecule has 1 N–H and O–H groups in total. The molecule has 2 aromatic rings. The molecule has 4 rings (SSSR count). The first-order chi connectivity index (χ1) is 9.40. The summed E-state index contributed by atoms with van der Waals surface area (Å²) in [6.07, 6.45) is 3.73. The van der Waals surface area contributed by atoms with E-state index in [-0.39, 0.29) is 0 Å². The molecule has 2 unspecified atom stereocenters. The SMILES string of the molecule is c1ccc2oc(C(NC3CCOC3)C3CC3)cc2c1. The molecule has 1 aliphatic heterocycles. The molecule has 0 spiro atoms. The highest BCUT2D eigenvalue weighted by atomic mass is 16.5. The van der Waals surface area contributed by atoms with Gasteiger partial charge < -0.3 is 14.5 Å². The first-order valence-electron chi connectivity index (χ1n) is 7.22. The zero-order valence-corrected chi connectivity index (χ0v) is 11.0. The van der Waals surface area contributed by atoms with E-state index in [2.05, 4.69) is 23.5 Å². The number of hydrogen-bond donors (Lipinski definition) is 1. The number of para-hydroxylation sites is 1. The van der Waals surface area contributed by atoms with Crippen LogP contribution in [0.2, 0.25) is 0 Å². The molecule has 2 heterocycles. The third-order valence-corrected chi connectivity index (χ3v) is 4.19. The summed E-state index contributed by atoms with van der Waals surface area (Å²) in [7, 11) is 0. The first kappa shape index (κ1) is 11.5. The van der Waals surface area contributed by atoms with Gasteiger partial charge in [-0.25, -0.2) is 0 Å². The van der Waals surface area contributed by atoms with Crippen LogP contribution >= 0.6 is 0 Å². The maximum absolute atomic E-state index is 6.04. The Labute approximate surface area is 112 Å². The highest BCUT2D eigenvalue weighted by Gasteiger charge is 2.36. The van der Waals surface area contributed by atoms with Gasteiger partial charge >= 0.3 is 0 Å². The lowest BCUT2D eigenvalue weighted by molar-refractivity contribution is 0.186. The molecule has 1 aliphatic carbocycles. The molecule has 1 saturated carbocycles. The van der Waals surface area contributed by atoms with Crippen LogP contribution in [-0.2, 0) is 4.74 Å². The maximum atomic E-state index is 6.04. The zero-order chi connectivity index (χ0) is 12.7. The number of benzene rings is 1. The molecule has 2 aliphatic rings. The number of ether oxygens (including phenoxy) is 1. The van der Waals surface area contributed by atoms with Gasteiger partial charge in [0.05, 0.1) is 12.6 Å². The summed E-state index contributed by atoms with van der Waals surface area (Å²) < 4.78 is 11.5. The molecule has 19 heavy (non-hydrogen) atoms. The number of hydrogen-bond acceptors (Lipinski definition) is 3. The largest absolute Gasteiger partial charge is 0.459 e. The van der Waals surface area contributed by atoms with Crippen molar-refractivity contribution in [3.63, 3.8) is 0 Å². The second-order valence-electron chi connectivity index (χ2n) is 5.73. The van der Waals surface area contributed by atoms with Gasteiger partial charge in [0.15, 0.2) is 0 Å². The zero-order valence-electron chi connectivity index (χ0n) is 11.0. The molecule has 1 aromatic carbocycles. The van der Waals surface area contributed by atoms with Crippen molar-refractivity contribution in [1.29, 1.82) is 0 Å². The van der Waals surface area contributed by atoms with E-state index in [1.165, 1.54) is 18.2 Å². The van der Waals surface area contributed by atoms with Gasteiger partial charge in [-0.1, -0.05) is 18.2 Å². The standard InChI is InChI=1S/C16H19NO2/c1-2-4-14-12(3-1)9-15(19-14)16(11-5-6-11)17-13-7-8-18-10-13/h1-4,9,11,13,16-17H,5-8,10H2. The summed E-state index contributed by atoms with van der Waals surface area (Å²) in [6.45, 7) is 1.72. The second-order valence-corrected chi connectivity index (χ2v) is 5.73. The summed E-state index contributed by atoms with van der Waals surface area (Å²) in [5.74, 6) is 1.83. The van der Waals surface area contributed by atoms with Crippen molar-refractivity contribution >= 4 is 11.0 Å². The minimum absolute atomic E-state index is 0.360. The van der Waals surface area contributed by atoms with Crippen molar-refractivity contribution in [2.75, 3.05) is 13.2 Å². The molecule has 1 aromatic heterocycles. The van der Waals surface area contributed by atoms with Crippen LogP contribution in [0.5, 0.6) is 0 Å². The predicted octanol–water partition coefficient (Wildman–Crippen LogP) is 3.26. The highest BCUT2D eigenvalue weighted by Crippen LogP contribution is 2.42. The van der Waals surface area contributed by atoms with E-state index in [0.29, 0.717) is 12.1 Å². The van der Waals surface area contributed by atoms with Gasteiger partial charge in [0.25, 0.3) is 0 Å². The lowest BCUT2D eigenvalue weighted by Gasteiger charge is -2.20. The fraction of sp³-hybridized carbons (Fsp3) is 0.500. The first-order valence-corrected chi connectivity index (χ1v) is 7.22. The van der Waals surface area contributed by atoms with E-state index in [1.807, 2.05) is 12.1 Å². The normalized spacial score (nSPS) is 24.9. The van der Waals surface area contributed by atoms with Crippen LogP contribution in [-0.4, -0.2) is 19.3 Å². The summed E-state index contributed by atoms with van der Waals surface area (Å²) >= 11 is 0. The van der Waals surface area contributed by atoms with Crippen molar-refractivity contribution in [3.8, 4) is 0 Å². The van der Waals surface area contributed by atoms with E-state index in [4.69, 9.17) is 9.15 Å². The minimum Gasteiger partial charge on any atom is -0.459 e. The Balaban J connectivity index is 1.61. The van der Waals surface area contributed by atoms with E-state index < -0.39 is 0 Å². The molecule has 1 saturated heterocycles. The van der Waals surface area contributed by atoms with E-state index in [0.717, 1.165) is 36.9 Å². The van der Waals surface area contributed by atoms with Crippen LogP contribution < -0.4 is 5.32 Å². The predicted molar refractivity (Wildman–Crippen MR) is 74.0 cm³/mol. The second kappa shape index (κ2) is 4.66. The fourth-order valence-electron chi connectivity index (χ4n) is 2.96. The average molecular weight is 257 g/mol. The van der Waals surface area contributed by atoms with Crippen LogP contribution in [0.4, 0.5) is 0 Å². The molecule has 3 nitrogen and oxygen atoms in total. The molecule has 2 fully saturated rings. The number of nitrogens with one attached hydrogen (secondary N) is 1. The summed E-state index contributed by atoms with van der Waals surface area (Å²) in [5.41, 5.74) is 0.993. The molecule has 0 bridgehead atoms. The monoisotopic (exact) mass is 257 g/mol. The quantitative estimate of drug-likeness (QED) is 0.913. The lowest BCUT2D eigenvalue weighted by atomic mass is 10.1. The van der Waals surface area contributed by atoms with Crippen molar-refractivity contribution in [3.05, 3.63) is 36.1 Å². The number of fused-ring (bicyclic) bond motifs is 1. The Bertz CT molecular complexity index is 534. The molecule has 100 valence electrons. The van der Waals surface area contributed by atoms with Gasteiger partial charge in [0.1, 0.15) is 11.3 Å². The van der Waals surface area contributed by atoms with Gasteiger partial charge in [-0.2, -0.15) is 0 Å². The summed E-state index contributed by atoms with van der Waals surface area (Å²) in [4.78, 5) is 0. The van der Waals surface area contributed by atoms with Crippen LogP contribution in [0.25, 0.3) is 11.0 Å².